The Morgan fingerprint density at radius 2 is 1.94 bits per heavy atom. The lowest BCUT2D eigenvalue weighted by atomic mass is 9.70. The van der Waals surface area contributed by atoms with Crippen LogP contribution in [0.25, 0.3) is 0 Å². The zero-order chi connectivity index (χ0) is 25.0. The Morgan fingerprint density at radius 1 is 1.26 bits per heavy atom. The highest BCUT2D eigenvalue weighted by molar-refractivity contribution is 6.06. The van der Waals surface area contributed by atoms with Crippen LogP contribution in [0.3, 0.4) is 0 Å². The molecule has 0 bridgehead atoms. The van der Waals surface area contributed by atoms with Crippen molar-refractivity contribution in [2.45, 2.75) is 32.5 Å². The van der Waals surface area contributed by atoms with E-state index in [1.807, 2.05) is 13.0 Å². The van der Waals surface area contributed by atoms with Gasteiger partial charge in [-0.05, 0) is 55.5 Å². The van der Waals surface area contributed by atoms with Gasteiger partial charge in [-0.25, -0.2) is 9.37 Å². The predicted octanol–water partition coefficient (Wildman–Crippen LogP) is 6.07. The summed E-state index contributed by atoms with van der Waals surface area (Å²) in [6, 6.07) is 8.51. The lowest BCUT2D eigenvalue weighted by molar-refractivity contribution is -0.274. The van der Waals surface area contributed by atoms with E-state index in [-0.39, 0.29) is 40.2 Å². The van der Waals surface area contributed by atoms with Gasteiger partial charge < -0.3 is 15.5 Å². The van der Waals surface area contributed by atoms with E-state index in [1.165, 1.54) is 24.4 Å². The molecule has 1 heterocycles. The molecule has 0 radical (unpaired) electrons. The van der Waals surface area contributed by atoms with Crippen molar-refractivity contribution in [3.05, 3.63) is 60.1 Å². The second kappa shape index (κ2) is 10.0. The maximum absolute atomic E-state index is 13.3. The summed E-state index contributed by atoms with van der Waals surface area (Å²) < 4.78 is 54.3. The van der Waals surface area contributed by atoms with E-state index in [4.69, 9.17) is 5.41 Å². The van der Waals surface area contributed by atoms with Gasteiger partial charge in [0.05, 0.1) is 11.1 Å². The third-order valence-electron chi connectivity index (χ3n) is 5.87. The number of hydrogen-bond donors (Lipinski definition) is 2. The van der Waals surface area contributed by atoms with Gasteiger partial charge in [0.15, 0.2) is 11.6 Å². The summed E-state index contributed by atoms with van der Waals surface area (Å²) in [4.78, 5) is 16.3. The number of nitriles is 1. The number of alkyl halides is 3. The Hall–Kier alpha value is -3.74. The number of nitrogens with zero attached hydrogens (tertiary/aromatic N) is 2. The van der Waals surface area contributed by atoms with Crippen molar-refractivity contribution in [2.24, 2.45) is 17.8 Å². The van der Waals surface area contributed by atoms with Crippen molar-refractivity contribution in [3.63, 3.8) is 0 Å². The number of carbonyl (C=O) groups excluding carboxylic acids is 1. The van der Waals surface area contributed by atoms with Gasteiger partial charge in [0.25, 0.3) is 0 Å². The van der Waals surface area contributed by atoms with Crippen LogP contribution in [0.15, 0.2) is 48.9 Å². The van der Waals surface area contributed by atoms with E-state index >= 15 is 0 Å². The number of Topliss-reactive ketones (excluding diaryl/α,β-unsaturated/α-hetero) is 1. The van der Waals surface area contributed by atoms with E-state index < -0.39 is 23.9 Å². The molecule has 34 heavy (non-hydrogen) atoms. The number of ether oxygens (including phenoxy) is 1. The standard InChI is InChI=1S/C24H22F4N4O2/c1-13-11-15(3-8-19(13)22(33)14(2)25)21(30)20-16(12-29)9-10-31-23(20)32-17-4-6-18(7-5-17)34-24(26,27)28/h4-7,9-10,13,15,19,30H,2-3,8,11H2,1H3,(H,31,32). The van der Waals surface area contributed by atoms with Crippen LogP contribution in [-0.2, 0) is 4.79 Å². The van der Waals surface area contributed by atoms with Gasteiger partial charge in [-0.1, -0.05) is 13.5 Å². The Kier molecular flexibility index (Phi) is 7.35. The molecule has 10 heteroatoms. The number of ketones is 1. The molecule has 2 aromatic rings. The van der Waals surface area contributed by atoms with Crippen molar-refractivity contribution in [2.75, 3.05) is 5.32 Å². The normalized spacial score (nSPS) is 20.2. The van der Waals surface area contributed by atoms with E-state index in [0.29, 0.717) is 24.9 Å². The Balaban J connectivity index is 1.83. The van der Waals surface area contributed by atoms with Crippen molar-refractivity contribution < 1.29 is 27.1 Å². The van der Waals surface area contributed by atoms with Gasteiger partial charge in [-0.3, -0.25) is 4.79 Å². The van der Waals surface area contributed by atoms with E-state index in [2.05, 4.69) is 21.6 Å². The number of nitrogens with one attached hydrogen (secondary N) is 2. The molecule has 2 N–H and O–H groups in total. The van der Waals surface area contributed by atoms with Crippen LogP contribution in [0.2, 0.25) is 0 Å². The van der Waals surface area contributed by atoms with Crippen molar-refractivity contribution in [3.8, 4) is 11.8 Å². The van der Waals surface area contributed by atoms with Crippen LogP contribution in [0.1, 0.15) is 37.3 Å². The van der Waals surface area contributed by atoms with Crippen LogP contribution in [0.5, 0.6) is 5.75 Å². The molecular formula is C24H22F4N4O2. The molecule has 1 aliphatic carbocycles. The highest BCUT2D eigenvalue weighted by atomic mass is 19.4. The summed E-state index contributed by atoms with van der Waals surface area (Å²) in [6.07, 6.45) is -2.12. The SMILES string of the molecule is C=C(F)C(=O)C1CCC(C(=N)c2c(C#N)ccnc2Nc2ccc(OC(F)(F)F)cc2)CC1C. The number of rotatable bonds is 7. The van der Waals surface area contributed by atoms with Gasteiger partial charge in [0.2, 0.25) is 0 Å². The first kappa shape index (κ1) is 24.9. The predicted molar refractivity (Wildman–Crippen MR) is 117 cm³/mol. The molecule has 0 saturated heterocycles. The molecule has 1 fully saturated rings. The number of hydrogen-bond acceptors (Lipinski definition) is 6. The number of pyridine rings is 1. The summed E-state index contributed by atoms with van der Waals surface area (Å²) in [7, 11) is 0. The van der Waals surface area contributed by atoms with E-state index in [9.17, 15) is 27.6 Å². The molecule has 1 aromatic heterocycles. The lowest BCUT2D eigenvalue weighted by Crippen LogP contribution is -2.33. The quantitative estimate of drug-likeness (QED) is 0.288. The number of halogens is 4. The van der Waals surface area contributed by atoms with Crippen molar-refractivity contribution >= 4 is 23.0 Å². The fraction of sp³-hybridized carbons (Fsp3) is 0.333. The fourth-order valence-electron chi connectivity index (χ4n) is 4.25. The maximum Gasteiger partial charge on any atom is 0.573 e. The van der Waals surface area contributed by atoms with Crippen molar-refractivity contribution in [1.82, 2.24) is 4.98 Å². The molecule has 6 nitrogen and oxygen atoms in total. The number of benzene rings is 1. The minimum absolute atomic E-state index is 0.154. The van der Waals surface area contributed by atoms with E-state index in [0.717, 1.165) is 12.1 Å². The van der Waals surface area contributed by atoms with Crippen LogP contribution in [0.4, 0.5) is 29.1 Å². The minimum atomic E-state index is -4.81. The number of anilines is 2. The molecule has 3 rings (SSSR count). The highest BCUT2D eigenvalue weighted by Crippen LogP contribution is 2.38. The summed E-state index contributed by atoms with van der Waals surface area (Å²) in [5.74, 6) is -2.73. The van der Waals surface area contributed by atoms with Gasteiger partial charge in [0.1, 0.15) is 17.6 Å². The molecule has 1 aliphatic rings. The Bertz CT molecular complexity index is 1140. The smallest absolute Gasteiger partial charge is 0.406 e. The van der Waals surface area contributed by atoms with E-state index in [1.54, 1.807) is 0 Å². The third-order valence-corrected chi connectivity index (χ3v) is 5.87. The molecule has 0 spiro atoms. The molecule has 178 valence electrons. The zero-order valence-electron chi connectivity index (χ0n) is 18.2. The minimum Gasteiger partial charge on any atom is -0.406 e. The largest absolute Gasteiger partial charge is 0.573 e. The fourth-order valence-corrected chi connectivity index (χ4v) is 4.25. The molecule has 0 amide bonds. The molecule has 0 aliphatic heterocycles. The van der Waals surface area contributed by atoms with Crippen LogP contribution < -0.4 is 10.1 Å². The molecule has 3 atom stereocenters. The first-order valence-corrected chi connectivity index (χ1v) is 10.5. The molecule has 3 unspecified atom stereocenters. The van der Waals surface area contributed by atoms with Gasteiger partial charge >= 0.3 is 6.36 Å². The zero-order valence-corrected chi connectivity index (χ0v) is 18.2. The molecule has 1 aromatic carbocycles. The first-order valence-electron chi connectivity index (χ1n) is 10.5. The summed E-state index contributed by atoms with van der Waals surface area (Å²) in [5, 5.41) is 21.4. The van der Waals surface area contributed by atoms with Crippen LogP contribution in [-0.4, -0.2) is 22.8 Å². The summed E-state index contributed by atoms with van der Waals surface area (Å²) >= 11 is 0. The van der Waals surface area contributed by atoms with Crippen LogP contribution >= 0.6 is 0 Å². The van der Waals surface area contributed by atoms with Crippen LogP contribution in [0, 0.1) is 34.5 Å². The topological polar surface area (TPSA) is 98.9 Å². The number of aromatic nitrogens is 1. The van der Waals surface area contributed by atoms with Gasteiger partial charge in [0, 0.05) is 29.4 Å². The Labute approximate surface area is 193 Å². The average Bonchev–Trinajstić information content (AvgIpc) is 2.78. The summed E-state index contributed by atoms with van der Waals surface area (Å²) in [6.45, 7) is 4.91. The molecular weight excluding hydrogens is 452 g/mol. The first-order chi connectivity index (χ1) is 16.0. The number of allylic oxidation sites excluding steroid dienone is 1. The lowest BCUT2D eigenvalue weighted by Gasteiger charge is -2.33. The summed E-state index contributed by atoms with van der Waals surface area (Å²) in [5.41, 5.74) is 1.02. The second-order valence-electron chi connectivity index (χ2n) is 8.17. The average molecular weight is 474 g/mol. The Morgan fingerprint density at radius 3 is 2.50 bits per heavy atom. The maximum atomic E-state index is 13.3. The molecule has 1 saturated carbocycles. The third kappa shape index (κ3) is 5.78. The van der Waals surface area contributed by atoms with Gasteiger partial charge in [-0.15, -0.1) is 13.2 Å². The number of carbonyl (C=O) groups is 1. The van der Waals surface area contributed by atoms with Gasteiger partial charge in [-0.2, -0.15) is 5.26 Å². The monoisotopic (exact) mass is 474 g/mol. The highest BCUT2D eigenvalue weighted by Gasteiger charge is 2.36. The second-order valence-corrected chi connectivity index (χ2v) is 8.17. The van der Waals surface area contributed by atoms with Crippen molar-refractivity contribution in [1.29, 1.82) is 10.7 Å².